The first-order valence-corrected chi connectivity index (χ1v) is 6.47. The zero-order valence-corrected chi connectivity index (χ0v) is 11.4. The first-order valence-electron chi connectivity index (χ1n) is 6.47. The molecular weight excluding hydrogens is 268 g/mol. The third-order valence-electron chi connectivity index (χ3n) is 3.35. The molecule has 6 nitrogen and oxygen atoms in total. The molecule has 3 rings (SSSR count). The lowest BCUT2D eigenvalue weighted by Gasteiger charge is -2.09. The van der Waals surface area contributed by atoms with Crippen LogP contribution in [0.15, 0.2) is 42.9 Å². The summed E-state index contributed by atoms with van der Waals surface area (Å²) in [4.78, 5) is 19.6. The lowest BCUT2D eigenvalue weighted by Crippen LogP contribution is -2.07. The van der Waals surface area contributed by atoms with Crippen molar-refractivity contribution in [3.05, 3.63) is 54.2 Å². The van der Waals surface area contributed by atoms with E-state index < -0.39 is 5.97 Å². The van der Waals surface area contributed by atoms with Gasteiger partial charge < -0.3 is 15.0 Å². The van der Waals surface area contributed by atoms with Crippen molar-refractivity contribution in [2.45, 2.75) is 6.54 Å². The average Bonchev–Trinajstić information content (AvgIpc) is 2.89. The van der Waals surface area contributed by atoms with Crippen molar-refractivity contribution >= 4 is 22.6 Å². The van der Waals surface area contributed by atoms with E-state index in [1.165, 1.54) is 0 Å². The van der Waals surface area contributed by atoms with Crippen LogP contribution in [0.4, 0.5) is 5.82 Å². The molecule has 21 heavy (non-hydrogen) atoms. The van der Waals surface area contributed by atoms with Gasteiger partial charge in [0.25, 0.3) is 0 Å². The number of aromatic carboxylic acids is 1. The van der Waals surface area contributed by atoms with Gasteiger partial charge in [0.15, 0.2) is 0 Å². The summed E-state index contributed by atoms with van der Waals surface area (Å²) < 4.78 is 1.92. The maximum absolute atomic E-state index is 11.1. The number of hydrogen-bond donors (Lipinski definition) is 2. The van der Waals surface area contributed by atoms with Crippen molar-refractivity contribution < 1.29 is 9.90 Å². The summed E-state index contributed by atoms with van der Waals surface area (Å²) in [5.74, 6) is 0.581. The molecule has 1 aromatic carbocycles. The van der Waals surface area contributed by atoms with Crippen LogP contribution in [0.5, 0.6) is 0 Å². The quantitative estimate of drug-likeness (QED) is 0.767. The zero-order chi connectivity index (χ0) is 14.8. The molecule has 0 saturated heterocycles. The Morgan fingerprint density at radius 3 is 2.86 bits per heavy atom. The van der Waals surface area contributed by atoms with Crippen molar-refractivity contribution in [3.8, 4) is 0 Å². The van der Waals surface area contributed by atoms with Gasteiger partial charge in [-0.25, -0.2) is 14.8 Å². The van der Waals surface area contributed by atoms with E-state index in [1.54, 1.807) is 30.6 Å². The number of benzene rings is 1. The molecular formula is C15H14N4O2. The van der Waals surface area contributed by atoms with Crippen LogP contribution >= 0.6 is 0 Å². The maximum Gasteiger partial charge on any atom is 0.335 e. The summed E-state index contributed by atoms with van der Waals surface area (Å²) in [5, 5.41) is 14.0. The van der Waals surface area contributed by atoms with E-state index >= 15 is 0 Å². The monoisotopic (exact) mass is 282 g/mol. The second-order valence-electron chi connectivity index (χ2n) is 4.71. The molecule has 106 valence electrons. The third kappa shape index (κ3) is 2.55. The Labute approximate surface area is 121 Å². The van der Waals surface area contributed by atoms with Crippen molar-refractivity contribution in [3.63, 3.8) is 0 Å². The van der Waals surface area contributed by atoms with E-state index in [9.17, 15) is 4.79 Å². The first-order chi connectivity index (χ1) is 10.1. The number of nitrogens with zero attached hydrogens (tertiary/aromatic N) is 3. The molecule has 0 unspecified atom stereocenters. The van der Waals surface area contributed by atoms with Gasteiger partial charge in [-0.15, -0.1) is 0 Å². The van der Waals surface area contributed by atoms with Crippen LogP contribution in [0.1, 0.15) is 16.2 Å². The Morgan fingerprint density at radius 1 is 1.29 bits per heavy atom. The van der Waals surface area contributed by atoms with E-state index in [1.807, 2.05) is 23.9 Å². The molecule has 0 atom stereocenters. The number of carboxylic acids is 1. The van der Waals surface area contributed by atoms with Gasteiger partial charge in [0, 0.05) is 31.0 Å². The molecule has 0 saturated carbocycles. The van der Waals surface area contributed by atoms with Crippen LogP contribution in [0.25, 0.3) is 10.8 Å². The SMILES string of the molecule is Cn1ccnc1CNc1nccc2ccc(C(=O)O)cc12. The molecule has 2 N–H and O–H groups in total. The third-order valence-corrected chi connectivity index (χ3v) is 3.35. The van der Waals surface area contributed by atoms with Gasteiger partial charge in [0.05, 0.1) is 12.1 Å². The molecule has 0 bridgehead atoms. The number of nitrogens with one attached hydrogen (secondary N) is 1. The highest BCUT2D eigenvalue weighted by Crippen LogP contribution is 2.22. The molecule has 0 fully saturated rings. The second-order valence-corrected chi connectivity index (χ2v) is 4.71. The number of aryl methyl sites for hydroxylation is 1. The number of anilines is 1. The molecule has 0 amide bonds. The fraction of sp³-hybridized carbons (Fsp3) is 0.133. The van der Waals surface area contributed by atoms with Gasteiger partial charge in [-0.05, 0) is 23.6 Å². The number of aromatic nitrogens is 3. The molecule has 0 aliphatic heterocycles. The highest BCUT2D eigenvalue weighted by molar-refractivity contribution is 5.98. The molecule has 3 aromatic rings. The van der Waals surface area contributed by atoms with Gasteiger partial charge in [-0.2, -0.15) is 0 Å². The fourth-order valence-corrected chi connectivity index (χ4v) is 2.17. The van der Waals surface area contributed by atoms with Crippen LogP contribution in [-0.4, -0.2) is 25.6 Å². The Bertz CT molecular complexity index is 810. The van der Waals surface area contributed by atoms with E-state index in [2.05, 4.69) is 15.3 Å². The Kier molecular flexibility index (Phi) is 3.27. The smallest absolute Gasteiger partial charge is 0.335 e. The predicted octanol–water partition coefficient (Wildman–Crippen LogP) is 2.28. The first kappa shape index (κ1) is 13.1. The minimum atomic E-state index is -0.948. The summed E-state index contributed by atoms with van der Waals surface area (Å²) in [6.07, 6.45) is 5.30. The minimum Gasteiger partial charge on any atom is -0.478 e. The molecule has 0 aliphatic carbocycles. The van der Waals surface area contributed by atoms with Gasteiger partial charge in [-0.3, -0.25) is 0 Å². The molecule has 0 radical (unpaired) electrons. The topological polar surface area (TPSA) is 80.0 Å². The highest BCUT2D eigenvalue weighted by Gasteiger charge is 2.08. The van der Waals surface area contributed by atoms with Gasteiger partial charge in [-0.1, -0.05) is 6.07 Å². The fourth-order valence-electron chi connectivity index (χ4n) is 2.17. The summed E-state index contributed by atoms with van der Waals surface area (Å²) in [7, 11) is 1.92. The number of hydrogen-bond acceptors (Lipinski definition) is 4. The van der Waals surface area contributed by atoms with E-state index in [-0.39, 0.29) is 5.56 Å². The normalized spacial score (nSPS) is 10.7. The van der Waals surface area contributed by atoms with Crippen LogP contribution in [0, 0.1) is 0 Å². The Morgan fingerprint density at radius 2 is 2.14 bits per heavy atom. The molecule has 6 heteroatoms. The largest absolute Gasteiger partial charge is 0.478 e. The van der Waals surface area contributed by atoms with Crippen LogP contribution in [-0.2, 0) is 13.6 Å². The Balaban J connectivity index is 1.95. The number of fused-ring (bicyclic) bond motifs is 1. The molecule has 2 heterocycles. The van der Waals surface area contributed by atoms with Crippen molar-refractivity contribution in [1.82, 2.24) is 14.5 Å². The molecule has 0 spiro atoms. The van der Waals surface area contributed by atoms with Gasteiger partial charge in [0.1, 0.15) is 11.6 Å². The number of rotatable bonds is 4. The lowest BCUT2D eigenvalue weighted by molar-refractivity contribution is 0.0697. The standard InChI is InChI=1S/C15H14N4O2/c1-19-7-6-16-13(19)9-18-14-12-8-11(15(20)21)3-2-10(12)4-5-17-14/h2-8H,9H2,1H3,(H,17,18)(H,20,21). The predicted molar refractivity (Wildman–Crippen MR) is 79.2 cm³/mol. The van der Waals surface area contributed by atoms with Crippen LogP contribution < -0.4 is 5.32 Å². The number of carboxylic acid groups (broad SMARTS) is 1. The number of carbonyl (C=O) groups is 1. The summed E-state index contributed by atoms with van der Waals surface area (Å²) >= 11 is 0. The van der Waals surface area contributed by atoms with Crippen molar-refractivity contribution in [1.29, 1.82) is 0 Å². The second kappa shape index (κ2) is 5.24. The highest BCUT2D eigenvalue weighted by atomic mass is 16.4. The van der Waals surface area contributed by atoms with Crippen molar-refractivity contribution in [2.24, 2.45) is 7.05 Å². The van der Waals surface area contributed by atoms with Crippen LogP contribution in [0.2, 0.25) is 0 Å². The zero-order valence-electron chi connectivity index (χ0n) is 11.4. The van der Waals surface area contributed by atoms with Gasteiger partial charge in [0.2, 0.25) is 0 Å². The Hall–Kier alpha value is -2.89. The maximum atomic E-state index is 11.1. The van der Waals surface area contributed by atoms with E-state index in [0.717, 1.165) is 16.6 Å². The molecule has 0 aliphatic rings. The van der Waals surface area contributed by atoms with Gasteiger partial charge >= 0.3 is 5.97 Å². The summed E-state index contributed by atoms with van der Waals surface area (Å²) in [5.41, 5.74) is 0.246. The summed E-state index contributed by atoms with van der Waals surface area (Å²) in [6.45, 7) is 0.521. The van der Waals surface area contributed by atoms with Crippen LogP contribution in [0.3, 0.4) is 0 Å². The number of imidazole rings is 1. The summed E-state index contributed by atoms with van der Waals surface area (Å²) in [6, 6.07) is 6.86. The van der Waals surface area contributed by atoms with E-state index in [0.29, 0.717) is 12.4 Å². The average molecular weight is 282 g/mol. The van der Waals surface area contributed by atoms with E-state index in [4.69, 9.17) is 5.11 Å². The molecule has 2 aromatic heterocycles. The number of pyridine rings is 1. The van der Waals surface area contributed by atoms with Crippen molar-refractivity contribution in [2.75, 3.05) is 5.32 Å². The minimum absolute atomic E-state index is 0.246. The lowest BCUT2D eigenvalue weighted by atomic mass is 10.1.